The first-order valence-corrected chi connectivity index (χ1v) is 13.3. The summed E-state index contributed by atoms with van der Waals surface area (Å²) in [6.07, 6.45) is 5.85. The van der Waals surface area contributed by atoms with E-state index in [4.69, 9.17) is 4.74 Å². The molecule has 2 rings (SSSR count). The van der Waals surface area contributed by atoms with Crippen LogP contribution in [0.25, 0.3) is 0 Å². The van der Waals surface area contributed by atoms with Gasteiger partial charge in [0.05, 0.1) is 0 Å². The SMILES string of the molecule is CC(=O)OC(CCCCCC(C)C)(Cc1cc(C(C)(C)C)c(O)c(C(C)(C)C)c1)c1ccccc1. The van der Waals surface area contributed by atoms with Gasteiger partial charge >= 0.3 is 5.97 Å². The number of hydrogen-bond donors (Lipinski definition) is 1. The van der Waals surface area contributed by atoms with Crippen LogP contribution in [0.1, 0.15) is 117 Å². The molecule has 3 heteroatoms. The second-order valence-corrected chi connectivity index (χ2v) is 12.7. The van der Waals surface area contributed by atoms with Crippen molar-refractivity contribution in [1.82, 2.24) is 0 Å². The Kier molecular flexibility index (Phi) is 9.62. The van der Waals surface area contributed by atoms with Crippen molar-refractivity contribution in [2.75, 3.05) is 0 Å². The van der Waals surface area contributed by atoms with Crippen LogP contribution in [0.3, 0.4) is 0 Å². The molecule has 194 valence electrons. The topological polar surface area (TPSA) is 46.5 Å². The smallest absolute Gasteiger partial charge is 0.303 e. The highest BCUT2D eigenvalue weighted by Crippen LogP contribution is 2.42. The molecule has 0 saturated carbocycles. The maximum absolute atomic E-state index is 12.4. The Morgan fingerprint density at radius 3 is 1.89 bits per heavy atom. The predicted octanol–water partition coefficient (Wildman–Crippen LogP) is 8.59. The predicted molar refractivity (Wildman–Crippen MR) is 147 cm³/mol. The van der Waals surface area contributed by atoms with Gasteiger partial charge in [0.25, 0.3) is 0 Å². The van der Waals surface area contributed by atoms with Crippen LogP contribution >= 0.6 is 0 Å². The number of phenolic OH excluding ortho intramolecular Hbond substituents is 1. The molecule has 0 saturated heterocycles. The fourth-order valence-electron chi connectivity index (χ4n) is 4.91. The summed E-state index contributed by atoms with van der Waals surface area (Å²) in [5.41, 5.74) is 2.81. The zero-order valence-corrected chi connectivity index (χ0v) is 23.6. The maximum atomic E-state index is 12.4. The minimum Gasteiger partial charge on any atom is -0.507 e. The summed E-state index contributed by atoms with van der Waals surface area (Å²) in [7, 11) is 0. The lowest BCUT2D eigenvalue weighted by Crippen LogP contribution is -2.35. The van der Waals surface area contributed by atoms with Gasteiger partial charge in [-0.2, -0.15) is 0 Å². The van der Waals surface area contributed by atoms with Crippen LogP contribution in [-0.2, 0) is 32.4 Å². The molecule has 2 aromatic carbocycles. The van der Waals surface area contributed by atoms with E-state index in [0.717, 1.165) is 41.5 Å². The fraction of sp³-hybridized carbons (Fsp3) is 0.594. The Morgan fingerprint density at radius 1 is 0.886 bits per heavy atom. The number of unbranched alkanes of at least 4 members (excludes halogenated alkanes) is 2. The molecule has 2 aromatic rings. The summed E-state index contributed by atoms with van der Waals surface area (Å²) in [5, 5.41) is 11.2. The summed E-state index contributed by atoms with van der Waals surface area (Å²) in [6.45, 7) is 18.8. The van der Waals surface area contributed by atoms with Crippen LogP contribution in [0.2, 0.25) is 0 Å². The summed E-state index contributed by atoms with van der Waals surface area (Å²) < 4.78 is 6.24. The number of ether oxygens (including phenoxy) is 1. The van der Waals surface area contributed by atoms with Gasteiger partial charge in [-0.25, -0.2) is 0 Å². The van der Waals surface area contributed by atoms with E-state index in [1.165, 1.54) is 19.8 Å². The quantitative estimate of drug-likeness (QED) is 0.273. The Morgan fingerprint density at radius 2 is 1.43 bits per heavy atom. The van der Waals surface area contributed by atoms with Crippen LogP contribution in [0.4, 0.5) is 0 Å². The highest BCUT2D eigenvalue weighted by atomic mass is 16.6. The van der Waals surface area contributed by atoms with Gasteiger partial charge in [0, 0.05) is 13.3 Å². The number of phenols is 1. The number of carbonyl (C=O) groups excluding carboxylic acids is 1. The third kappa shape index (κ3) is 8.12. The van der Waals surface area contributed by atoms with Crippen molar-refractivity contribution in [3.05, 3.63) is 64.7 Å². The van der Waals surface area contributed by atoms with E-state index >= 15 is 0 Å². The highest BCUT2D eigenvalue weighted by Gasteiger charge is 2.37. The third-order valence-electron chi connectivity index (χ3n) is 6.78. The van der Waals surface area contributed by atoms with Crippen LogP contribution in [-0.4, -0.2) is 11.1 Å². The van der Waals surface area contributed by atoms with Gasteiger partial charge in [-0.1, -0.05) is 117 Å². The molecule has 0 aliphatic rings. The average molecular weight is 481 g/mol. The van der Waals surface area contributed by atoms with Gasteiger partial charge in [-0.05, 0) is 51.8 Å². The summed E-state index contributed by atoms with van der Waals surface area (Å²) in [6, 6.07) is 14.4. The molecule has 0 bridgehead atoms. The normalized spacial score (nSPS) is 14.1. The largest absolute Gasteiger partial charge is 0.507 e. The first kappa shape index (κ1) is 28.9. The Bertz CT molecular complexity index is 926. The molecule has 1 atom stereocenters. The molecule has 1 unspecified atom stereocenters. The highest BCUT2D eigenvalue weighted by molar-refractivity contribution is 5.67. The standard InChI is InChI=1S/C32H48O3/c1-23(2)16-12-11-15-19-32(35-24(3)33,26-17-13-10-14-18-26)22-25-20-27(30(4,5)6)29(34)28(21-25)31(7,8)9/h10,13-14,17-18,20-21,23,34H,11-12,15-16,19,22H2,1-9H3. The molecule has 3 nitrogen and oxygen atoms in total. The monoisotopic (exact) mass is 480 g/mol. The number of carbonyl (C=O) groups is 1. The van der Waals surface area contributed by atoms with Crippen molar-refractivity contribution in [3.8, 4) is 5.75 Å². The molecule has 0 fully saturated rings. The van der Waals surface area contributed by atoms with E-state index in [2.05, 4.69) is 79.7 Å². The Labute approximate surface area is 214 Å². The van der Waals surface area contributed by atoms with Crippen LogP contribution in [0.15, 0.2) is 42.5 Å². The van der Waals surface area contributed by atoms with Crippen molar-refractivity contribution >= 4 is 5.97 Å². The van der Waals surface area contributed by atoms with Crippen LogP contribution in [0.5, 0.6) is 5.75 Å². The number of hydrogen-bond acceptors (Lipinski definition) is 3. The minimum atomic E-state index is -0.744. The molecule has 0 aliphatic carbocycles. The van der Waals surface area contributed by atoms with E-state index in [9.17, 15) is 9.90 Å². The number of esters is 1. The lowest BCUT2D eigenvalue weighted by Gasteiger charge is -2.36. The van der Waals surface area contributed by atoms with Crippen LogP contribution < -0.4 is 0 Å². The zero-order chi connectivity index (χ0) is 26.4. The molecule has 0 aromatic heterocycles. The molecule has 1 N–H and O–H groups in total. The molecular weight excluding hydrogens is 432 g/mol. The first-order valence-electron chi connectivity index (χ1n) is 13.3. The van der Waals surface area contributed by atoms with Crippen molar-refractivity contribution in [2.45, 2.75) is 117 Å². The van der Waals surface area contributed by atoms with Gasteiger partial charge < -0.3 is 9.84 Å². The van der Waals surface area contributed by atoms with Gasteiger partial charge in [-0.3, -0.25) is 4.79 Å². The Hall–Kier alpha value is -2.29. The van der Waals surface area contributed by atoms with Crippen molar-refractivity contribution in [3.63, 3.8) is 0 Å². The molecular formula is C32H48O3. The van der Waals surface area contributed by atoms with E-state index in [1.807, 2.05) is 18.2 Å². The summed E-state index contributed by atoms with van der Waals surface area (Å²) >= 11 is 0. The number of benzene rings is 2. The molecule has 0 amide bonds. The van der Waals surface area contributed by atoms with E-state index in [-0.39, 0.29) is 16.8 Å². The fourth-order valence-corrected chi connectivity index (χ4v) is 4.91. The van der Waals surface area contributed by atoms with Crippen molar-refractivity contribution in [2.24, 2.45) is 5.92 Å². The second-order valence-electron chi connectivity index (χ2n) is 12.7. The molecule has 0 heterocycles. The van der Waals surface area contributed by atoms with E-state index in [1.54, 1.807) is 0 Å². The first-order chi connectivity index (χ1) is 16.2. The maximum Gasteiger partial charge on any atom is 0.303 e. The van der Waals surface area contributed by atoms with Crippen LogP contribution in [0, 0.1) is 5.92 Å². The number of rotatable bonds is 10. The van der Waals surface area contributed by atoms with Gasteiger partial charge in [0.1, 0.15) is 11.4 Å². The zero-order valence-electron chi connectivity index (χ0n) is 23.6. The van der Waals surface area contributed by atoms with Crippen molar-refractivity contribution in [1.29, 1.82) is 0 Å². The van der Waals surface area contributed by atoms with Gasteiger partial charge in [-0.15, -0.1) is 0 Å². The summed E-state index contributed by atoms with van der Waals surface area (Å²) in [5.74, 6) is 0.813. The van der Waals surface area contributed by atoms with Gasteiger partial charge in [0.15, 0.2) is 0 Å². The lowest BCUT2D eigenvalue weighted by atomic mass is 9.76. The van der Waals surface area contributed by atoms with Crippen molar-refractivity contribution < 1.29 is 14.6 Å². The lowest BCUT2D eigenvalue weighted by molar-refractivity contribution is -0.159. The van der Waals surface area contributed by atoms with E-state index < -0.39 is 5.60 Å². The van der Waals surface area contributed by atoms with Gasteiger partial charge in [0.2, 0.25) is 0 Å². The van der Waals surface area contributed by atoms with E-state index in [0.29, 0.717) is 18.1 Å². The minimum absolute atomic E-state index is 0.215. The molecule has 35 heavy (non-hydrogen) atoms. The average Bonchev–Trinajstić information content (AvgIpc) is 2.73. The molecule has 0 radical (unpaired) electrons. The molecule has 0 spiro atoms. The number of aromatic hydroxyl groups is 1. The second kappa shape index (κ2) is 11.6. The Balaban J connectivity index is 2.59. The molecule has 0 aliphatic heterocycles. The third-order valence-corrected chi connectivity index (χ3v) is 6.78. The summed E-state index contributed by atoms with van der Waals surface area (Å²) in [4.78, 5) is 12.4.